The molecule has 0 saturated heterocycles. The fraction of sp³-hybridized carbons (Fsp3) is 0.500. The second-order valence-corrected chi connectivity index (χ2v) is 3.22. The molecule has 2 rings (SSSR count). The minimum atomic E-state index is -0.0428. The van der Waals surface area contributed by atoms with E-state index < -0.39 is 0 Å². The number of hydrazone groups is 1. The van der Waals surface area contributed by atoms with Crippen LogP contribution in [0.3, 0.4) is 0 Å². The van der Waals surface area contributed by atoms with Crippen molar-refractivity contribution in [2.24, 2.45) is 21.7 Å². The zero-order chi connectivity index (χ0) is 8.72. The lowest BCUT2D eigenvalue weighted by Crippen LogP contribution is -2.50. The standard InChI is InChI=1S/C6H9N5S/c1-11-4-3(2-8-11)5(12)10-6(7)9-4/h2-4H,1H3,(H3,7,9,10,12). The highest BCUT2D eigenvalue weighted by Gasteiger charge is 2.34. The van der Waals surface area contributed by atoms with E-state index in [1.54, 1.807) is 11.2 Å². The Morgan fingerprint density at radius 3 is 3.25 bits per heavy atom. The van der Waals surface area contributed by atoms with Crippen LogP contribution >= 0.6 is 12.2 Å². The van der Waals surface area contributed by atoms with Crippen LogP contribution in [0.5, 0.6) is 0 Å². The van der Waals surface area contributed by atoms with Crippen molar-refractivity contribution in [3.8, 4) is 0 Å². The van der Waals surface area contributed by atoms with Crippen LogP contribution in [0.1, 0.15) is 0 Å². The van der Waals surface area contributed by atoms with Crippen LogP contribution in [0.2, 0.25) is 0 Å². The predicted octanol–water partition coefficient (Wildman–Crippen LogP) is -0.895. The maximum atomic E-state index is 5.51. The molecule has 2 unspecified atom stereocenters. The largest absolute Gasteiger partial charge is 0.370 e. The number of thiocarbonyl (C=S) groups is 1. The van der Waals surface area contributed by atoms with Crippen LogP contribution in [-0.2, 0) is 0 Å². The van der Waals surface area contributed by atoms with E-state index in [2.05, 4.69) is 15.4 Å². The summed E-state index contributed by atoms with van der Waals surface area (Å²) in [6.45, 7) is 0. The molecule has 12 heavy (non-hydrogen) atoms. The topological polar surface area (TPSA) is 66.0 Å². The summed E-state index contributed by atoms with van der Waals surface area (Å²) < 4.78 is 0. The average molecular weight is 183 g/mol. The number of nitrogens with two attached hydrogens (primary N) is 1. The van der Waals surface area contributed by atoms with E-state index >= 15 is 0 Å². The number of fused-ring (bicyclic) bond motifs is 1. The first-order valence-corrected chi connectivity index (χ1v) is 4.00. The minimum absolute atomic E-state index is 0.0428. The quantitative estimate of drug-likeness (QED) is 0.478. The molecule has 0 aromatic carbocycles. The minimum Gasteiger partial charge on any atom is -0.370 e. The maximum Gasteiger partial charge on any atom is 0.195 e. The Bertz CT molecular complexity index is 284. The molecule has 0 aliphatic carbocycles. The van der Waals surface area contributed by atoms with Gasteiger partial charge in [0.2, 0.25) is 0 Å². The van der Waals surface area contributed by atoms with Crippen LogP contribution in [0.4, 0.5) is 0 Å². The number of nitrogens with one attached hydrogen (secondary N) is 1. The van der Waals surface area contributed by atoms with Gasteiger partial charge in [-0.3, -0.25) is 5.01 Å². The molecule has 2 heterocycles. The fourth-order valence-corrected chi connectivity index (χ4v) is 1.59. The van der Waals surface area contributed by atoms with E-state index in [0.29, 0.717) is 10.9 Å². The van der Waals surface area contributed by atoms with Crippen molar-refractivity contribution in [3.63, 3.8) is 0 Å². The van der Waals surface area contributed by atoms with Crippen molar-refractivity contribution in [1.82, 2.24) is 10.3 Å². The molecule has 0 saturated carbocycles. The summed E-state index contributed by atoms with van der Waals surface area (Å²) in [5, 5.41) is 8.65. The summed E-state index contributed by atoms with van der Waals surface area (Å²) in [6.07, 6.45) is 1.74. The summed E-state index contributed by atoms with van der Waals surface area (Å²) in [6, 6.07) is 0. The first-order valence-electron chi connectivity index (χ1n) is 3.59. The van der Waals surface area contributed by atoms with Crippen LogP contribution in [0.15, 0.2) is 10.1 Å². The van der Waals surface area contributed by atoms with Crippen LogP contribution in [0, 0.1) is 5.92 Å². The van der Waals surface area contributed by atoms with Gasteiger partial charge in [-0.1, -0.05) is 12.2 Å². The van der Waals surface area contributed by atoms with Gasteiger partial charge in [0.05, 0.1) is 10.9 Å². The van der Waals surface area contributed by atoms with Gasteiger partial charge in [-0.25, -0.2) is 4.99 Å². The van der Waals surface area contributed by atoms with E-state index in [1.807, 2.05) is 7.05 Å². The molecule has 2 aliphatic heterocycles. The van der Waals surface area contributed by atoms with E-state index in [0.717, 1.165) is 0 Å². The Morgan fingerprint density at radius 2 is 2.50 bits per heavy atom. The highest BCUT2D eigenvalue weighted by atomic mass is 32.1. The van der Waals surface area contributed by atoms with Gasteiger partial charge in [-0.2, -0.15) is 5.10 Å². The summed E-state index contributed by atoms with van der Waals surface area (Å²) in [5.74, 6) is 0.455. The molecular weight excluding hydrogens is 174 g/mol. The van der Waals surface area contributed by atoms with Crippen LogP contribution in [0.25, 0.3) is 0 Å². The number of aliphatic imine (C=N–C) groups is 1. The van der Waals surface area contributed by atoms with Crippen LogP contribution in [-0.4, -0.2) is 35.4 Å². The van der Waals surface area contributed by atoms with Crippen molar-refractivity contribution in [1.29, 1.82) is 0 Å². The van der Waals surface area contributed by atoms with Gasteiger partial charge in [0.25, 0.3) is 0 Å². The van der Waals surface area contributed by atoms with E-state index in [1.165, 1.54) is 0 Å². The lowest BCUT2D eigenvalue weighted by molar-refractivity contribution is 0.273. The number of rotatable bonds is 0. The molecule has 0 radical (unpaired) electrons. The van der Waals surface area contributed by atoms with Crippen molar-refractivity contribution in [3.05, 3.63) is 0 Å². The van der Waals surface area contributed by atoms with Crippen LogP contribution < -0.4 is 11.1 Å². The fourth-order valence-electron chi connectivity index (χ4n) is 1.31. The second kappa shape index (κ2) is 2.41. The van der Waals surface area contributed by atoms with Gasteiger partial charge in [0.15, 0.2) is 12.1 Å². The summed E-state index contributed by atoms with van der Waals surface area (Å²) >= 11 is 5.08. The van der Waals surface area contributed by atoms with E-state index in [4.69, 9.17) is 18.0 Å². The summed E-state index contributed by atoms with van der Waals surface area (Å²) in [5.41, 5.74) is 5.51. The Morgan fingerprint density at radius 1 is 1.75 bits per heavy atom. The zero-order valence-electron chi connectivity index (χ0n) is 6.56. The molecule has 3 N–H and O–H groups in total. The molecule has 2 atom stereocenters. The zero-order valence-corrected chi connectivity index (χ0v) is 7.38. The monoisotopic (exact) mass is 183 g/mol. The van der Waals surface area contributed by atoms with Crippen molar-refractivity contribution >= 4 is 29.4 Å². The molecule has 0 aromatic rings. The van der Waals surface area contributed by atoms with Gasteiger partial charge in [-0.15, -0.1) is 0 Å². The molecule has 0 aromatic heterocycles. The number of hydrogen-bond donors (Lipinski definition) is 2. The third-order valence-electron chi connectivity index (χ3n) is 1.94. The van der Waals surface area contributed by atoms with Crippen molar-refractivity contribution < 1.29 is 0 Å². The van der Waals surface area contributed by atoms with Crippen molar-refractivity contribution in [2.75, 3.05) is 7.05 Å². The predicted molar refractivity (Wildman–Crippen MR) is 50.9 cm³/mol. The molecule has 0 spiro atoms. The second-order valence-electron chi connectivity index (χ2n) is 2.78. The Kier molecular flexibility index (Phi) is 1.50. The van der Waals surface area contributed by atoms with Gasteiger partial charge < -0.3 is 11.1 Å². The highest BCUT2D eigenvalue weighted by molar-refractivity contribution is 7.80. The first-order chi connectivity index (χ1) is 5.68. The lowest BCUT2D eigenvalue weighted by atomic mass is 10.1. The Hall–Kier alpha value is -1.17. The van der Waals surface area contributed by atoms with Gasteiger partial charge in [-0.05, 0) is 0 Å². The molecular formula is C6H9N5S. The van der Waals surface area contributed by atoms with Gasteiger partial charge in [0.1, 0.15) is 0 Å². The van der Waals surface area contributed by atoms with Crippen molar-refractivity contribution in [2.45, 2.75) is 6.17 Å². The summed E-state index contributed by atoms with van der Waals surface area (Å²) in [4.78, 5) is 4.87. The third kappa shape index (κ3) is 0.953. The Balaban J connectivity index is 2.32. The van der Waals surface area contributed by atoms with Gasteiger partial charge in [0, 0.05) is 13.3 Å². The molecule has 0 bridgehead atoms. The highest BCUT2D eigenvalue weighted by Crippen LogP contribution is 2.19. The number of nitrogens with zero attached hydrogens (tertiary/aromatic N) is 3. The molecule has 2 aliphatic rings. The third-order valence-corrected chi connectivity index (χ3v) is 2.31. The normalized spacial score (nSPS) is 32.9. The first kappa shape index (κ1) is 7.48. The van der Waals surface area contributed by atoms with Gasteiger partial charge >= 0.3 is 0 Å². The van der Waals surface area contributed by atoms with E-state index in [-0.39, 0.29) is 12.1 Å². The molecule has 64 valence electrons. The number of hydrogen-bond acceptors (Lipinski definition) is 5. The molecule has 5 nitrogen and oxygen atoms in total. The lowest BCUT2D eigenvalue weighted by Gasteiger charge is -2.26. The maximum absolute atomic E-state index is 5.51. The molecule has 6 heteroatoms. The van der Waals surface area contributed by atoms with E-state index in [9.17, 15) is 0 Å². The summed E-state index contributed by atoms with van der Waals surface area (Å²) in [7, 11) is 1.85. The molecule has 0 amide bonds. The average Bonchev–Trinajstić information content (AvgIpc) is 2.33. The number of guanidine groups is 1. The smallest absolute Gasteiger partial charge is 0.195 e. The SMILES string of the molecule is CN1N=CC2C(=S)NC(N)=NC21. The molecule has 0 fully saturated rings. The Labute approximate surface area is 75.3 Å².